The maximum Gasteiger partial charge on any atom is 0.0824 e. The second-order valence-corrected chi connectivity index (χ2v) is 5.48. The molecular weight excluding hydrogens is 236 g/mol. The molecule has 0 spiro atoms. The summed E-state index contributed by atoms with van der Waals surface area (Å²) in [5.41, 5.74) is 3.49. The van der Waals surface area contributed by atoms with Gasteiger partial charge in [-0.2, -0.15) is 5.10 Å². The van der Waals surface area contributed by atoms with Crippen LogP contribution < -0.4 is 0 Å². The molecule has 0 aliphatic heterocycles. The number of fused-ring (bicyclic) bond motifs is 1. The van der Waals surface area contributed by atoms with Gasteiger partial charge in [0.05, 0.1) is 11.8 Å². The van der Waals surface area contributed by atoms with Gasteiger partial charge in [0.2, 0.25) is 0 Å². The minimum atomic E-state index is -0.360. The molecule has 0 amide bonds. The van der Waals surface area contributed by atoms with Gasteiger partial charge in [-0.1, -0.05) is 24.3 Å². The van der Waals surface area contributed by atoms with Crippen molar-refractivity contribution >= 4 is 0 Å². The molecule has 3 rings (SSSR count). The standard InChI is InChI=1S/C16H20N2O/c1-18-10-9-14(17-18)11-13-7-4-6-12-5-2-3-8-15(12)16(13)19/h2-3,5,8-10,13,16,19H,4,6-7,11H2,1H3. The molecule has 3 heteroatoms. The normalized spacial score (nSPS) is 22.8. The number of aromatic nitrogens is 2. The number of hydrogen-bond acceptors (Lipinski definition) is 2. The van der Waals surface area contributed by atoms with Gasteiger partial charge in [0.25, 0.3) is 0 Å². The van der Waals surface area contributed by atoms with Gasteiger partial charge in [-0.3, -0.25) is 4.68 Å². The minimum Gasteiger partial charge on any atom is -0.388 e. The lowest BCUT2D eigenvalue weighted by Gasteiger charge is -2.21. The summed E-state index contributed by atoms with van der Waals surface area (Å²) in [6.45, 7) is 0. The molecule has 0 radical (unpaired) electrons. The molecule has 2 aromatic rings. The first kappa shape index (κ1) is 12.4. The molecule has 0 bridgehead atoms. The Morgan fingerprint density at radius 1 is 1.32 bits per heavy atom. The highest BCUT2D eigenvalue weighted by molar-refractivity contribution is 5.30. The topological polar surface area (TPSA) is 38.0 Å². The van der Waals surface area contributed by atoms with Crippen molar-refractivity contribution in [1.29, 1.82) is 0 Å². The van der Waals surface area contributed by atoms with E-state index in [1.54, 1.807) is 0 Å². The van der Waals surface area contributed by atoms with Crippen molar-refractivity contribution in [2.45, 2.75) is 31.8 Å². The van der Waals surface area contributed by atoms with Crippen LogP contribution in [-0.4, -0.2) is 14.9 Å². The largest absolute Gasteiger partial charge is 0.388 e. The van der Waals surface area contributed by atoms with Crippen molar-refractivity contribution in [3.05, 3.63) is 53.3 Å². The van der Waals surface area contributed by atoms with Crippen LogP contribution >= 0.6 is 0 Å². The first-order valence-corrected chi connectivity index (χ1v) is 6.98. The van der Waals surface area contributed by atoms with Crippen LogP contribution in [0.2, 0.25) is 0 Å². The van der Waals surface area contributed by atoms with E-state index in [1.165, 1.54) is 5.56 Å². The lowest BCUT2D eigenvalue weighted by Crippen LogP contribution is -2.15. The van der Waals surface area contributed by atoms with Crippen molar-refractivity contribution in [3.63, 3.8) is 0 Å². The second kappa shape index (κ2) is 5.17. The van der Waals surface area contributed by atoms with E-state index in [1.807, 2.05) is 30.1 Å². The zero-order valence-corrected chi connectivity index (χ0v) is 11.3. The summed E-state index contributed by atoms with van der Waals surface area (Å²) in [4.78, 5) is 0. The van der Waals surface area contributed by atoms with E-state index in [9.17, 15) is 5.11 Å². The fourth-order valence-electron chi connectivity index (χ4n) is 3.07. The van der Waals surface area contributed by atoms with Gasteiger partial charge < -0.3 is 5.11 Å². The summed E-state index contributed by atoms with van der Waals surface area (Å²) in [6.07, 6.45) is 5.74. The van der Waals surface area contributed by atoms with Crippen molar-refractivity contribution < 1.29 is 5.11 Å². The predicted molar refractivity (Wildman–Crippen MR) is 74.7 cm³/mol. The highest BCUT2D eigenvalue weighted by Crippen LogP contribution is 2.34. The van der Waals surface area contributed by atoms with E-state index in [0.29, 0.717) is 0 Å². The molecule has 19 heavy (non-hydrogen) atoms. The van der Waals surface area contributed by atoms with Gasteiger partial charge in [0.15, 0.2) is 0 Å². The molecule has 1 N–H and O–H groups in total. The maximum absolute atomic E-state index is 10.6. The van der Waals surface area contributed by atoms with Crippen LogP contribution in [-0.2, 0) is 19.9 Å². The van der Waals surface area contributed by atoms with E-state index in [-0.39, 0.29) is 12.0 Å². The fourth-order valence-corrected chi connectivity index (χ4v) is 3.07. The minimum absolute atomic E-state index is 0.276. The van der Waals surface area contributed by atoms with Crippen molar-refractivity contribution in [2.75, 3.05) is 0 Å². The Morgan fingerprint density at radius 2 is 2.16 bits per heavy atom. The van der Waals surface area contributed by atoms with Gasteiger partial charge in [-0.25, -0.2) is 0 Å². The van der Waals surface area contributed by atoms with Crippen molar-refractivity contribution in [1.82, 2.24) is 9.78 Å². The third-order valence-corrected chi connectivity index (χ3v) is 4.08. The van der Waals surface area contributed by atoms with E-state index < -0.39 is 0 Å². The van der Waals surface area contributed by atoms with E-state index in [0.717, 1.165) is 36.9 Å². The smallest absolute Gasteiger partial charge is 0.0824 e. The lowest BCUT2D eigenvalue weighted by molar-refractivity contribution is 0.104. The maximum atomic E-state index is 10.6. The van der Waals surface area contributed by atoms with Gasteiger partial charge in [-0.05, 0) is 48.8 Å². The number of rotatable bonds is 2. The van der Waals surface area contributed by atoms with Gasteiger partial charge >= 0.3 is 0 Å². The van der Waals surface area contributed by atoms with Gasteiger partial charge in [-0.15, -0.1) is 0 Å². The number of hydrogen-bond donors (Lipinski definition) is 1. The zero-order valence-electron chi connectivity index (χ0n) is 11.3. The molecule has 1 aromatic carbocycles. The Labute approximate surface area is 113 Å². The first-order chi connectivity index (χ1) is 9.24. The average molecular weight is 256 g/mol. The summed E-state index contributed by atoms with van der Waals surface area (Å²) in [5, 5.41) is 15.1. The fraction of sp³-hybridized carbons (Fsp3) is 0.438. The molecule has 0 saturated heterocycles. The number of nitrogens with zero attached hydrogens (tertiary/aromatic N) is 2. The predicted octanol–water partition coefficient (Wildman–Crippen LogP) is 2.65. The van der Waals surface area contributed by atoms with Gasteiger partial charge in [0, 0.05) is 13.2 Å². The molecular formula is C16H20N2O. The van der Waals surface area contributed by atoms with Crippen molar-refractivity contribution in [2.24, 2.45) is 13.0 Å². The molecule has 0 fully saturated rings. The molecule has 0 saturated carbocycles. The average Bonchev–Trinajstić information content (AvgIpc) is 2.75. The molecule has 1 aliphatic rings. The number of aryl methyl sites for hydroxylation is 2. The number of aliphatic hydroxyl groups excluding tert-OH is 1. The summed E-state index contributed by atoms with van der Waals surface area (Å²) < 4.78 is 1.83. The monoisotopic (exact) mass is 256 g/mol. The van der Waals surface area contributed by atoms with Crippen LogP contribution in [0.15, 0.2) is 36.5 Å². The van der Waals surface area contributed by atoms with Crippen LogP contribution in [0.25, 0.3) is 0 Å². The zero-order chi connectivity index (χ0) is 13.2. The SMILES string of the molecule is Cn1ccc(CC2CCCc3ccccc3C2O)n1. The van der Waals surface area contributed by atoms with E-state index >= 15 is 0 Å². The summed E-state index contributed by atoms with van der Waals surface area (Å²) in [7, 11) is 1.93. The molecule has 100 valence electrons. The second-order valence-electron chi connectivity index (χ2n) is 5.48. The third-order valence-electron chi connectivity index (χ3n) is 4.08. The summed E-state index contributed by atoms with van der Waals surface area (Å²) >= 11 is 0. The Morgan fingerprint density at radius 3 is 2.95 bits per heavy atom. The molecule has 1 aromatic heterocycles. The van der Waals surface area contributed by atoms with E-state index in [2.05, 4.69) is 23.3 Å². The number of benzene rings is 1. The number of aliphatic hydroxyl groups is 1. The Bertz CT molecular complexity index is 561. The lowest BCUT2D eigenvalue weighted by atomic mass is 9.89. The Balaban J connectivity index is 1.83. The first-order valence-electron chi connectivity index (χ1n) is 6.98. The van der Waals surface area contributed by atoms with Crippen molar-refractivity contribution in [3.8, 4) is 0 Å². The Hall–Kier alpha value is -1.61. The van der Waals surface area contributed by atoms with Gasteiger partial charge in [0.1, 0.15) is 0 Å². The van der Waals surface area contributed by atoms with E-state index in [4.69, 9.17) is 0 Å². The molecule has 1 heterocycles. The molecule has 2 atom stereocenters. The van der Waals surface area contributed by atoms with Crippen LogP contribution in [0.4, 0.5) is 0 Å². The summed E-state index contributed by atoms with van der Waals surface area (Å²) in [6, 6.07) is 10.3. The molecule has 1 aliphatic carbocycles. The van der Waals surface area contributed by atoms with Crippen LogP contribution in [0.1, 0.15) is 35.8 Å². The Kier molecular flexibility index (Phi) is 3.38. The molecule has 3 nitrogen and oxygen atoms in total. The molecule has 2 unspecified atom stereocenters. The highest BCUT2D eigenvalue weighted by atomic mass is 16.3. The quantitative estimate of drug-likeness (QED) is 0.839. The highest BCUT2D eigenvalue weighted by Gasteiger charge is 2.26. The summed E-state index contributed by atoms with van der Waals surface area (Å²) in [5.74, 6) is 0.276. The van der Waals surface area contributed by atoms with Crippen LogP contribution in [0, 0.1) is 5.92 Å². The van der Waals surface area contributed by atoms with Crippen LogP contribution in [0.5, 0.6) is 0 Å². The third kappa shape index (κ3) is 2.56. The van der Waals surface area contributed by atoms with Crippen LogP contribution in [0.3, 0.4) is 0 Å².